The third-order valence-electron chi connectivity index (χ3n) is 6.14. The maximum atomic E-state index is 13.1. The van der Waals surface area contributed by atoms with Gasteiger partial charge in [-0.15, -0.1) is 10.2 Å². The third kappa shape index (κ3) is 3.98. The molecule has 0 saturated carbocycles. The first-order valence-corrected chi connectivity index (χ1v) is 11.1. The van der Waals surface area contributed by atoms with Crippen LogP contribution < -0.4 is 15.3 Å². The van der Waals surface area contributed by atoms with Crippen molar-refractivity contribution < 1.29 is 13.9 Å². The summed E-state index contributed by atoms with van der Waals surface area (Å²) in [6.07, 6.45) is 0. The fourth-order valence-electron chi connectivity index (χ4n) is 4.23. The van der Waals surface area contributed by atoms with Crippen LogP contribution in [-0.2, 0) is 0 Å². The van der Waals surface area contributed by atoms with Crippen LogP contribution in [0.4, 0.5) is 5.82 Å². The molecular formula is C26H24N4O4. The summed E-state index contributed by atoms with van der Waals surface area (Å²) >= 11 is 0. The highest BCUT2D eigenvalue weighted by Crippen LogP contribution is 2.25. The predicted octanol–water partition coefficient (Wildman–Crippen LogP) is 3.53. The number of amides is 1. The van der Waals surface area contributed by atoms with Crippen molar-refractivity contribution in [1.82, 2.24) is 15.1 Å². The number of para-hydroxylation sites is 1. The molecule has 4 aromatic rings. The Morgan fingerprint density at radius 2 is 1.76 bits per heavy atom. The van der Waals surface area contributed by atoms with E-state index in [-0.39, 0.29) is 11.5 Å². The SMILES string of the molecule is COc1cccc2cc(C(=O)N3CCN(c4ccc(-c5ccccc5C)nn4)CC3)c(=O)oc12. The Balaban J connectivity index is 1.29. The van der Waals surface area contributed by atoms with Gasteiger partial charge in [-0.1, -0.05) is 36.4 Å². The highest BCUT2D eigenvalue weighted by Gasteiger charge is 2.26. The molecule has 8 nitrogen and oxygen atoms in total. The van der Waals surface area contributed by atoms with Crippen molar-refractivity contribution in [1.29, 1.82) is 0 Å². The lowest BCUT2D eigenvalue weighted by molar-refractivity contribution is 0.0742. The summed E-state index contributed by atoms with van der Waals surface area (Å²) in [6.45, 7) is 4.17. The Labute approximate surface area is 196 Å². The van der Waals surface area contributed by atoms with E-state index in [1.54, 1.807) is 29.2 Å². The molecule has 0 spiro atoms. The summed E-state index contributed by atoms with van der Waals surface area (Å²) in [5.74, 6) is 0.887. The number of carbonyl (C=O) groups is 1. The molecule has 34 heavy (non-hydrogen) atoms. The van der Waals surface area contributed by atoms with Gasteiger partial charge in [-0.25, -0.2) is 4.79 Å². The second-order valence-corrected chi connectivity index (χ2v) is 8.20. The van der Waals surface area contributed by atoms with Crippen molar-refractivity contribution in [2.45, 2.75) is 6.92 Å². The molecule has 0 N–H and O–H groups in total. The van der Waals surface area contributed by atoms with E-state index in [9.17, 15) is 9.59 Å². The van der Waals surface area contributed by atoms with E-state index >= 15 is 0 Å². The van der Waals surface area contributed by atoms with Crippen LogP contribution in [0.15, 0.2) is 69.9 Å². The first-order chi connectivity index (χ1) is 16.5. The molecule has 8 heteroatoms. The van der Waals surface area contributed by atoms with Gasteiger partial charge in [-0.3, -0.25) is 4.79 Å². The topological polar surface area (TPSA) is 88.8 Å². The zero-order chi connectivity index (χ0) is 23.7. The fraction of sp³-hybridized carbons (Fsp3) is 0.231. The van der Waals surface area contributed by atoms with Gasteiger partial charge in [0.2, 0.25) is 0 Å². The van der Waals surface area contributed by atoms with E-state index in [0.717, 1.165) is 22.6 Å². The van der Waals surface area contributed by atoms with Crippen molar-refractivity contribution in [2.75, 3.05) is 38.2 Å². The number of hydrogen-bond donors (Lipinski definition) is 0. The second kappa shape index (κ2) is 8.97. The van der Waals surface area contributed by atoms with E-state index in [1.165, 1.54) is 7.11 Å². The normalized spacial score (nSPS) is 13.8. The van der Waals surface area contributed by atoms with Crippen LogP contribution in [-0.4, -0.2) is 54.3 Å². The number of fused-ring (bicyclic) bond motifs is 1. The third-order valence-corrected chi connectivity index (χ3v) is 6.14. The van der Waals surface area contributed by atoms with Crippen LogP contribution in [0.3, 0.4) is 0 Å². The summed E-state index contributed by atoms with van der Waals surface area (Å²) in [4.78, 5) is 29.4. The maximum Gasteiger partial charge on any atom is 0.349 e. The number of rotatable bonds is 4. The molecule has 0 atom stereocenters. The smallest absolute Gasteiger partial charge is 0.349 e. The maximum absolute atomic E-state index is 13.1. The van der Waals surface area contributed by atoms with E-state index in [1.807, 2.05) is 43.3 Å². The van der Waals surface area contributed by atoms with Crippen molar-refractivity contribution in [3.05, 3.63) is 82.2 Å². The van der Waals surface area contributed by atoms with Crippen molar-refractivity contribution in [2.24, 2.45) is 0 Å². The van der Waals surface area contributed by atoms with Crippen LogP contribution in [0.25, 0.3) is 22.2 Å². The van der Waals surface area contributed by atoms with E-state index in [2.05, 4.69) is 15.1 Å². The van der Waals surface area contributed by atoms with Gasteiger partial charge in [0.25, 0.3) is 5.91 Å². The summed E-state index contributed by atoms with van der Waals surface area (Å²) in [5.41, 5.74) is 2.73. The van der Waals surface area contributed by atoms with Crippen molar-refractivity contribution >= 4 is 22.7 Å². The minimum atomic E-state index is -0.665. The number of nitrogens with zero attached hydrogens (tertiary/aromatic N) is 4. The zero-order valence-corrected chi connectivity index (χ0v) is 19.0. The molecule has 1 aliphatic rings. The Morgan fingerprint density at radius 1 is 0.971 bits per heavy atom. The number of carbonyl (C=O) groups excluding carboxylic acids is 1. The molecule has 1 saturated heterocycles. The van der Waals surface area contributed by atoms with E-state index < -0.39 is 5.63 Å². The van der Waals surface area contributed by atoms with Crippen LogP contribution in [0.5, 0.6) is 5.75 Å². The average Bonchev–Trinajstić information content (AvgIpc) is 2.88. The van der Waals surface area contributed by atoms with Crippen molar-refractivity contribution in [3.8, 4) is 17.0 Å². The standard InChI is InChI=1S/C26H24N4O4/c1-17-6-3-4-8-19(17)21-10-11-23(28-27-21)29-12-14-30(15-13-29)25(31)20-16-18-7-5-9-22(33-2)24(18)34-26(20)32/h3-11,16H,12-15H2,1-2H3. The summed E-state index contributed by atoms with van der Waals surface area (Å²) < 4.78 is 10.7. The largest absolute Gasteiger partial charge is 0.493 e. The van der Waals surface area contributed by atoms with Crippen LogP contribution in [0, 0.1) is 6.92 Å². The molecule has 5 rings (SSSR count). The minimum absolute atomic E-state index is 0.0246. The summed E-state index contributed by atoms with van der Waals surface area (Å²) in [6, 6.07) is 18.9. The van der Waals surface area contributed by atoms with Gasteiger partial charge in [-0.05, 0) is 36.8 Å². The Kier molecular flexibility index (Phi) is 5.71. The van der Waals surface area contributed by atoms with Crippen LogP contribution in [0.1, 0.15) is 15.9 Å². The number of hydrogen-bond acceptors (Lipinski definition) is 7. The number of anilines is 1. The Hall–Kier alpha value is -4.20. The second-order valence-electron chi connectivity index (χ2n) is 8.20. The van der Waals surface area contributed by atoms with Crippen molar-refractivity contribution in [3.63, 3.8) is 0 Å². The van der Waals surface area contributed by atoms with Gasteiger partial charge in [0.05, 0.1) is 12.8 Å². The Morgan fingerprint density at radius 3 is 2.47 bits per heavy atom. The van der Waals surface area contributed by atoms with Gasteiger partial charge in [0.1, 0.15) is 5.56 Å². The molecule has 0 radical (unpaired) electrons. The molecule has 172 valence electrons. The van der Waals surface area contributed by atoms with Gasteiger partial charge in [0, 0.05) is 37.1 Å². The first kappa shape index (κ1) is 21.6. The summed E-state index contributed by atoms with van der Waals surface area (Å²) in [5, 5.41) is 9.46. The van der Waals surface area contributed by atoms with Crippen LogP contribution in [0.2, 0.25) is 0 Å². The number of ether oxygens (including phenoxy) is 1. The van der Waals surface area contributed by atoms with Gasteiger partial charge >= 0.3 is 5.63 Å². The molecule has 2 aromatic heterocycles. The molecule has 1 amide bonds. The number of methoxy groups -OCH3 is 1. The Bertz CT molecular complexity index is 1410. The summed E-state index contributed by atoms with van der Waals surface area (Å²) in [7, 11) is 1.51. The number of aromatic nitrogens is 2. The lowest BCUT2D eigenvalue weighted by atomic mass is 10.1. The molecule has 3 heterocycles. The molecular weight excluding hydrogens is 432 g/mol. The van der Waals surface area contributed by atoms with Crippen LogP contribution >= 0.6 is 0 Å². The first-order valence-electron chi connectivity index (χ1n) is 11.1. The zero-order valence-electron chi connectivity index (χ0n) is 19.0. The predicted molar refractivity (Wildman–Crippen MR) is 129 cm³/mol. The molecule has 2 aromatic carbocycles. The lowest BCUT2D eigenvalue weighted by Crippen LogP contribution is -2.49. The molecule has 1 fully saturated rings. The highest BCUT2D eigenvalue weighted by atomic mass is 16.5. The van der Waals surface area contributed by atoms with E-state index in [4.69, 9.17) is 9.15 Å². The number of aryl methyl sites for hydroxylation is 1. The fourth-order valence-corrected chi connectivity index (χ4v) is 4.23. The molecule has 1 aliphatic heterocycles. The number of piperazine rings is 1. The quantitative estimate of drug-likeness (QED) is 0.434. The van der Waals surface area contributed by atoms with Gasteiger partial charge < -0.3 is 19.0 Å². The molecule has 0 unspecified atom stereocenters. The van der Waals surface area contributed by atoms with Gasteiger partial charge in [-0.2, -0.15) is 0 Å². The van der Waals surface area contributed by atoms with Gasteiger partial charge in [0.15, 0.2) is 17.2 Å². The molecule has 0 bridgehead atoms. The van der Waals surface area contributed by atoms with E-state index in [0.29, 0.717) is 42.9 Å². The minimum Gasteiger partial charge on any atom is -0.493 e. The average molecular weight is 457 g/mol. The highest BCUT2D eigenvalue weighted by molar-refractivity contribution is 5.97. The lowest BCUT2D eigenvalue weighted by Gasteiger charge is -2.35. The monoisotopic (exact) mass is 456 g/mol. The molecule has 0 aliphatic carbocycles. The number of benzene rings is 2.